The van der Waals surface area contributed by atoms with Crippen molar-refractivity contribution in [2.75, 3.05) is 13.7 Å². The molecule has 2 N–H and O–H groups in total. The van der Waals surface area contributed by atoms with Crippen LogP contribution in [0.4, 0.5) is 0 Å². The van der Waals surface area contributed by atoms with E-state index in [2.05, 4.69) is 10.1 Å². The van der Waals surface area contributed by atoms with Gasteiger partial charge in [-0.05, 0) is 18.2 Å². The van der Waals surface area contributed by atoms with Crippen molar-refractivity contribution in [3.05, 3.63) is 33.8 Å². The van der Waals surface area contributed by atoms with Gasteiger partial charge in [-0.3, -0.25) is 4.79 Å². The van der Waals surface area contributed by atoms with Gasteiger partial charge in [0.05, 0.1) is 24.3 Å². The number of benzene rings is 1. The highest BCUT2D eigenvalue weighted by atomic mass is 35.5. The molecule has 98 valence electrons. The number of aliphatic hydroxyl groups excluding tert-OH is 1. The predicted octanol–water partition coefficient (Wildman–Crippen LogP) is 1.26. The van der Waals surface area contributed by atoms with Crippen molar-refractivity contribution >= 4 is 35.1 Å². The molecule has 0 radical (unpaired) electrons. The maximum Gasteiger partial charge on any atom is 0.330 e. The third kappa shape index (κ3) is 3.60. The van der Waals surface area contributed by atoms with Crippen molar-refractivity contribution in [1.29, 1.82) is 0 Å². The zero-order valence-corrected chi connectivity index (χ0v) is 11.0. The minimum atomic E-state index is -1.14. The van der Waals surface area contributed by atoms with Crippen LogP contribution in [0.2, 0.25) is 10.0 Å². The fourth-order valence-electron chi connectivity index (χ4n) is 1.23. The van der Waals surface area contributed by atoms with Gasteiger partial charge >= 0.3 is 5.97 Å². The SMILES string of the molecule is COC(=O)C(CO)NC(=O)c1cc(Cl)ccc1Cl. The summed E-state index contributed by atoms with van der Waals surface area (Å²) in [6.07, 6.45) is 0. The number of esters is 1. The minimum Gasteiger partial charge on any atom is -0.467 e. The molecule has 0 aliphatic rings. The Morgan fingerprint density at radius 1 is 1.44 bits per heavy atom. The van der Waals surface area contributed by atoms with Gasteiger partial charge in [-0.1, -0.05) is 23.2 Å². The van der Waals surface area contributed by atoms with Gasteiger partial charge in [0.25, 0.3) is 5.91 Å². The van der Waals surface area contributed by atoms with E-state index in [1.807, 2.05) is 0 Å². The van der Waals surface area contributed by atoms with E-state index in [1.165, 1.54) is 18.2 Å². The van der Waals surface area contributed by atoms with Gasteiger partial charge in [-0.2, -0.15) is 0 Å². The summed E-state index contributed by atoms with van der Waals surface area (Å²) in [5.74, 6) is -1.36. The molecule has 5 nitrogen and oxygen atoms in total. The molecule has 0 fully saturated rings. The van der Waals surface area contributed by atoms with Crippen molar-refractivity contribution < 1.29 is 19.4 Å². The Labute approximate surface area is 114 Å². The summed E-state index contributed by atoms with van der Waals surface area (Å²) < 4.78 is 4.42. The number of carbonyl (C=O) groups excluding carboxylic acids is 2. The van der Waals surface area contributed by atoms with Crippen molar-refractivity contribution in [2.45, 2.75) is 6.04 Å². The van der Waals surface area contributed by atoms with E-state index in [-0.39, 0.29) is 10.6 Å². The first-order valence-electron chi connectivity index (χ1n) is 4.94. The number of amides is 1. The van der Waals surface area contributed by atoms with E-state index in [0.29, 0.717) is 5.02 Å². The van der Waals surface area contributed by atoms with E-state index < -0.39 is 24.5 Å². The Morgan fingerprint density at radius 3 is 2.67 bits per heavy atom. The first-order chi connectivity index (χ1) is 8.49. The van der Waals surface area contributed by atoms with Crippen LogP contribution < -0.4 is 5.32 Å². The molecular formula is C11H11Cl2NO4. The molecule has 1 amide bonds. The highest BCUT2D eigenvalue weighted by Gasteiger charge is 2.22. The van der Waals surface area contributed by atoms with Crippen LogP contribution in [0, 0.1) is 0 Å². The number of halogens is 2. The molecule has 0 spiro atoms. The van der Waals surface area contributed by atoms with Crippen molar-refractivity contribution in [3.8, 4) is 0 Å². The summed E-state index contributed by atoms with van der Waals surface area (Å²) in [7, 11) is 1.16. The highest BCUT2D eigenvalue weighted by molar-refractivity contribution is 6.35. The second kappa shape index (κ2) is 6.58. The zero-order chi connectivity index (χ0) is 13.7. The summed E-state index contributed by atoms with van der Waals surface area (Å²) in [6.45, 7) is -0.573. The van der Waals surface area contributed by atoms with Crippen molar-refractivity contribution in [3.63, 3.8) is 0 Å². The van der Waals surface area contributed by atoms with Crippen molar-refractivity contribution in [2.24, 2.45) is 0 Å². The summed E-state index contributed by atoms with van der Waals surface area (Å²) >= 11 is 11.6. The van der Waals surface area contributed by atoms with E-state index in [9.17, 15) is 9.59 Å². The fraction of sp³-hybridized carbons (Fsp3) is 0.273. The second-order valence-electron chi connectivity index (χ2n) is 3.36. The normalized spacial score (nSPS) is 11.8. The lowest BCUT2D eigenvalue weighted by atomic mass is 10.2. The second-order valence-corrected chi connectivity index (χ2v) is 4.20. The molecule has 0 aliphatic heterocycles. The molecule has 1 atom stereocenters. The number of nitrogens with one attached hydrogen (secondary N) is 1. The molecule has 1 aromatic rings. The number of hydrogen-bond donors (Lipinski definition) is 2. The maximum absolute atomic E-state index is 11.8. The lowest BCUT2D eigenvalue weighted by molar-refractivity contribution is -0.143. The lowest BCUT2D eigenvalue weighted by Crippen LogP contribution is -2.44. The van der Waals surface area contributed by atoms with Crippen LogP contribution in [-0.4, -0.2) is 36.7 Å². The zero-order valence-electron chi connectivity index (χ0n) is 9.44. The number of ether oxygens (including phenoxy) is 1. The van der Waals surface area contributed by atoms with Gasteiger partial charge < -0.3 is 15.2 Å². The first kappa shape index (κ1) is 14.8. The van der Waals surface area contributed by atoms with Crippen LogP contribution in [0.5, 0.6) is 0 Å². The molecule has 0 saturated carbocycles. The van der Waals surface area contributed by atoms with Crippen LogP contribution in [0.3, 0.4) is 0 Å². The van der Waals surface area contributed by atoms with Crippen LogP contribution in [0.25, 0.3) is 0 Å². The monoisotopic (exact) mass is 291 g/mol. The van der Waals surface area contributed by atoms with Gasteiger partial charge in [-0.15, -0.1) is 0 Å². The van der Waals surface area contributed by atoms with E-state index in [0.717, 1.165) is 7.11 Å². The van der Waals surface area contributed by atoms with Crippen molar-refractivity contribution in [1.82, 2.24) is 5.32 Å². The van der Waals surface area contributed by atoms with Crippen LogP contribution in [-0.2, 0) is 9.53 Å². The molecule has 18 heavy (non-hydrogen) atoms. The largest absolute Gasteiger partial charge is 0.467 e. The molecule has 1 rings (SSSR count). The quantitative estimate of drug-likeness (QED) is 0.819. The molecule has 1 unspecified atom stereocenters. The Kier molecular flexibility index (Phi) is 5.40. The lowest BCUT2D eigenvalue weighted by Gasteiger charge is -2.14. The number of carbonyl (C=O) groups is 2. The van der Waals surface area contributed by atoms with E-state index in [4.69, 9.17) is 28.3 Å². The standard InChI is InChI=1S/C11H11Cl2NO4/c1-18-11(17)9(5-15)14-10(16)7-4-6(12)2-3-8(7)13/h2-4,9,15H,5H2,1H3,(H,14,16). The van der Waals surface area contributed by atoms with Gasteiger partial charge in [0.15, 0.2) is 6.04 Å². The first-order valence-corrected chi connectivity index (χ1v) is 5.69. The molecule has 1 aromatic carbocycles. The smallest absolute Gasteiger partial charge is 0.330 e. The summed E-state index contributed by atoms with van der Waals surface area (Å²) in [6, 6.07) is 3.22. The van der Waals surface area contributed by atoms with Gasteiger partial charge in [0, 0.05) is 5.02 Å². The fourth-order valence-corrected chi connectivity index (χ4v) is 1.60. The van der Waals surface area contributed by atoms with Crippen LogP contribution in [0.1, 0.15) is 10.4 Å². The van der Waals surface area contributed by atoms with Gasteiger partial charge in [0.1, 0.15) is 0 Å². The van der Waals surface area contributed by atoms with Crippen LogP contribution >= 0.6 is 23.2 Å². The topological polar surface area (TPSA) is 75.6 Å². The predicted molar refractivity (Wildman–Crippen MR) is 66.8 cm³/mol. The molecule has 0 aromatic heterocycles. The van der Waals surface area contributed by atoms with Crippen LogP contribution in [0.15, 0.2) is 18.2 Å². The summed E-state index contributed by atoms with van der Waals surface area (Å²) in [4.78, 5) is 23.0. The molecule has 0 heterocycles. The molecule has 7 heteroatoms. The van der Waals surface area contributed by atoms with Gasteiger partial charge in [0.2, 0.25) is 0 Å². The highest BCUT2D eigenvalue weighted by Crippen LogP contribution is 2.20. The third-order valence-electron chi connectivity index (χ3n) is 2.15. The number of rotatable bonds is 4. The maximum atomic E-state index is 11.8. The molecular weight excluding hydrogens is 281 g/mol. The Morgan fingerprint density at radius 2 is 2.11 bits per heavy atom. The number of aliphatic hydroxyl groups is 1. The average molecular weight is 292 g/mol. The number of hydrogen-bond acceptors (Lipinski definition) is 4. The number of methoxy groups -OCH3 is 1. The van der Waals surface area contributed by atoms with E-state index in [1.54, 1.807) is 0 Å². The summed E-state index contributed by atoms with van der Waals surface area (Å²) in [5.41, 5.74) is 0.117. The molecule has 0 bridgehead atoms. The molecule has 0 aliphatic carbocycles. The van der Waals surface area contributed by atoms with E-state index >= 15 is 0 Å². The Bertz CT molecular complexity index is 464. The third-order valence-corrected chi connectivity index (χ3v) is 2.71. The Hall–Kier alpha value is -1.30. The minimum absolute atomic E-state index is 0.117. The molecule has 0 saturated heterocycles. The summed E-state index contributed by atoms with van der Waals surface area (Å²) in [5, 5.41) is 11.8. The average Bonchev–Trinajstić information content (AvgIpc) is 2.37. The van der Waals surface area contributed by atoms with Gasteiger partial charge in [-0.25, -0.2) is 4.79 Å². The Balaban J connectivity index is 2.87.